The molecule has 1 aromatic carbocycles. The minimum Gasteiger partial charge on any atom is -0.338 e. The highest BCUT2D eigenvalue weighted by molar-refractivity contribution is 5.91. The molecule has 0 aromatic heterocycles. The van der Waals surface area contributed by atoms with Crippen molar-refractivity contribution >= 4 is 12.0 Å². The predicted octanol–water partition coefficient (Wildman–Crippen LogP) is 2.99. The van der Waals surface area contributed by atoms with E-state index in [1.165, 1.54) is 18.2 Å². The third-order valence-corrected chi connectivity index (χ3v) is 3.27. The number of carbonyl (C=O) groups is 1. The van der Waals surface area contributed by atoms with Crippen molar-refractivity contribution in [2.45, 2.75) is 19.3 Å². The van der Waals surface area contributed by atoms with Gasteiger partial charge in [0.1, 0.15) is 5.82 Å². The zero-order chi connectivity index (χ0) is 14.4. The summed E-state index contributed by atoms with van der Waals surface area (Å²) in [6.07, 6.45) is 5.85. The van der Waals surface area contributed by atoms with Crippen LogP contribution in [0, 0.1) is 23.1 Å². The van der Waals surface area contributed by atoms with Crippen molar-refractivity contribution in [2.75, 3.05) is 13.1 Å². The van der Waals surface area contributed by atoms with Gasteiger partial charge in [0.15, 0.2) is 0 Å². The Hall–Kier alpha value is -2.15. The molecule has 1 aliphatic rings. The lowest BCUT2D eigenvalue weighted by Crippen LogP contribution is -2.32. The largest absolute Gasteiger partial charge is 0.338 e. The predicted molar refractivity (Wildman–Crippen MR) is 75.0 cm³/mol. The highest BCUT2D eigenvalue weighted by Gasteiger charge is 2.25. The number of nitrogens with zero attached hydrogens (tertiary/aromatic N) is 2. The molecule has 1 fully saturated rings. The summed E-state index contributed by atoms with van der Waals surface area (Å²) in [7, 11) is 0. The number of hydrogen-bond donors (Lipinski definition) is 0. The fourth-order valence-electron chi connectivity index (χ4n) is 1.94. The summed E-state index contributed by atoms with van der Waals surface area (Å²) in [6.45, 7) is 1.20. The molecule has 1 aliphatic carbocycles. The molecule has 1 amide bonds. The van der Waals surface area contributed by atoms with Gasteiger partial charge in [0, 0.05) is 19.2 Å². The highest BCUT2D eigenvalue weighted by Crippen LogP contribution is 2.29. The van der Waals surface area contributed by atoms with Crippen LogP contribution < -0.4 is 0 Å². The molecule has 1 aromatic rings. The lowest BCUT2D eigenvalue weighted by molar-refractivity contribution is -0.126. The van der Waals surface area contributed by atoms with Crippen LogP contribution in [-0.4, -0.2) is 23.9 Å². The van der Waals surface area contributed by atoms with Crippen LogP contribution in [0.25, 0.3) is 6.08 Å². The molecule has 0 atom stereocenters. The van der Waals surface area contributed by atoms with Crippen molar-refractivity contribution in [1.29, 1.82) is 5.26 Å². The molecule has 1 saturated carbocycles. The van der Waals surface area contributed by atoms with Gasteiger partial charge in [0.05, 0.1) is 12.5 Å². The van der Waals surface area contributed by atoms with E-state index in [-0.39, 0.29) is 11.7 Å². The minimum atomic E-state index is -0.294. The van der Waals surface area contributed by atoms with E-state index in [2.05, 4.69) is 6.07 Å². The lowest BCUT2D eigenvalue weighted by Gasteiger charge is -2.19. The van der Waals surface area contributed by atoms with Gasteiger partial charge in [-0.15, -0.1) is 0 Å². The topological polar surface area (TPSA) is 44.1 Å². The van der Waals surface area contributed by atoms with Gasteiger partial charge in [-0.2, -0.15) is 5.26 Å². The maximum Gasteiger partial charge on any atom is 0.246 e. The zero-order valence-electron chi connectivity index (χ0n) is 11.3. The second-order valence-electron chi connectivity index (χ2n) is 5.02. The molecule has 0 bridgehead atoms. The Morgan fingerprint density at radius 1 is 1.40 bits per heavy atom. The molecular weight excluding hydrogens is 255 g/mol. The smallest absolute Gasteiger partial charge is 0.246 e. The molecule has 4 heteroatoms. The second-order valence-corrected chi connectivity index (χ2v) is 5.02. The number of hydrogen-bond acceptors (Lipinski definition) is 2. The Morgan fingerprint density at radius 2 is 2.10 bits per heavy atom. The van der Waals surface area contributed by atoms with Crippen molar-refractivity contribution in [3.8, 4) is 6.07 Å². The number of nitriles is 1. The fourth-order valence-corrected chi connectivity index (χ4v) is 1.94. The second kappa shape index (κ2) is 6.85. The quantitative estimate of drug-likeness (QED) is 0.747. The summed E-state index contributed by atoms with van der Waals surface area (Å²) >= 11 is 0. The molecule has 0 N–H and O–H groups in total. The van der Waals surface area contributed by atoms with Crippen molar-refractivity contribution in [3.05, 3.63) is 41.7 Å². The van der Waals surface area contributed by atoms with Gasteiger partial charge in [-0.25, -0.2) is 4.39 Å². The van der Waals surface area contributed by atoms with Crippen LogP contribution >= 0.6 is 0 Å². The summed E-state index contributed by atoms with van der Waals surface area (Å²) in [5.74, 6) is 0.214. The maximum absolute atomic E-state index is 12.8. The minimum absolute atomic E-state index is 0.0866. The standard InChI is InChI=1S/C16H17FN2O/c17-15-7-4-13(5-8-15)6-9-16(20)19(11-1-10-18)12-14-2-3-14/h4-9,14H,1-3,11-12H2/b9-6+. The van der Waals surface area contributed by atoms with E-state index >= 15 is 0 Å². The van der Waals surface area contributed by atoms with Crippen LogP contribution in [0.1, 0.15) is 24.8 Å². The third kappa shape index (κ3) is 4.51. The first-order chi connectivity index (χ1) is 9.69. The summed E-state index contributed by atoms with van der Waals surface area (Å²) in [5.41, 5.74) is 0.784. The Morgan fingerprint density at radius 3 is 2.70 bits per heavy atom. The van der Waals surface area contributed by atoms with Gasteiger partial charge < -0.3 is 4.90 Å². The average Bonchev–Trinajstić information content (AvgIpc) is 3.26. The van der Waals surface area contributed by atoms with Crippen LogP contribution in [0.4, 0.5) is 4.39 Å². The molecule has 3 nitrogen and oxygen atoms in total. The number of rotatable bonds is 6. The van der Waals surface area contributed by atoms with Gasteiger partial charge in [-0.3, -0.25) is 4.79 Å². The van der Waals surface area contributed by atoms with E-state index in [0.717, 1.165) is 24.9 Å². The highest BCUT2D eigenvalue weighted by atomic mass is 19.1. The SMILES string of the molecule is N#CCCN(CC1CC1)C(=O)/C=C/c1ccc(F)cc1. The molecule has 20 heavy (non-hydrogen) atoms. The molecule has 0 aliphatic heterocycles. The van der Waals surface area contributed by atoms with Crippen molar-refractivity contribution < 1.29 is 9.18 Å². The fraction of sp³-hybridized carbons (Fsp3) is 0.375. The van der Waals surface area contributed by atoms with E-state index in [0.29, 0.717) is 18.9 Å². The van der Waals surface area contributed by atoms with Crippen molar-refractivity contribution in [2.24, 2.45) is 5.92 Å². The van der Waals surface area contributed by atoms with E-state index in [1.807, 2.05) is 0 Å². The van der Waals surface area contributed by atoms with E-state index in [1.54, 1.807) is 23.1 Å². The summed E-state index contributed by atoms with van der Waals surface area (Å²) in [5, 5.41) is 8.64. The van der Waals surface area contributed by atoms with Crippen LogP contribution in [-0.2, 0) is 4.79 Å². The lowest BCUT2D eigenvalue weighted by atomic mass is 10.2. The maximum atomic E-state index is 12.8. The van der Waals surface area contributed by atoms with Crippen molar-refractivity contribution in [1.82, 2.24) is 4.90 Å². The van der Waals surface area contributed by atoms with Gasteiger partial charge >= 0.3 is 0 Å². The number of carbonyl (C=O) groups excluding carboxylic acids is 1. The molecule has 0 spiro atoms. The first-order valence-electron chi connectivity index (χ1n) is 6.78. The molecule has 0 heterocycles. The Labute approximate surface area is 118 Å². The normalized spacial score (nSPS) is 14.2. The number of benzene rings is 1. The molecule has 2 rings (SSSR count). The van der Waals surface area contributed by atoms with Crippen molar-refractivity contribution in [3.63, 3.8) is 0 Å². The molecule has 0 unspecified atom stereocenters. The summed E-state index contributed by atoms with van der Waals surface area (Å²) < 4.78 is 12.8. The van der Waals surface area contributed by atoms with Crippen LogP contribution in [0.5, 0.6) is 0 Å². The monoisotopic (exact) mass is 272 g/mol. The van der Waals surface area contributed by atoms with Gasteiger partial charge in [0.2, 0.25) is 5.91 Å². The third-order valence-electron chi connectivity index (χ3n) is 3.27. The first-order valence-corrected chi connectivity index (χ1v) is 6.78. The number of halogens is 1. The molecule has 104 valence electrons. The van der Waals surface area contributed by atoms with Gasteiger partial charge in [-0.05, 0) is 42.5 Å². The first kappa shape index (κ1) is 14.3. The van der Waals surface area contributed by atoms with E-state index in [4.69, 9.17) is 5.26 Å². The van der Waals surface area contributed by atoms with Crippen LogP contribution in [0.2, 0.25) is 0 Å². The van der Waals surface area contributed by atoms with Gasteiger partial charge in [0.25, 0.3) is 0 Å². The van der Waals surface area contributed by atoms with Gasteiger partial charge in [-0.1, -0.05) is 12.1 Å². The number of amides is 1. The summed E-state index contributed by atoms with van der Waals surface area (Å²) in [6, 6.07) is 8.04. The Balaban J connectivity index is 1.95. The average molecular weight is 272 g/mol. The van der Waals surface area contributed by atoms with E-state index < -0.39 is 0 Å². The molecule has 0 saturated heterocycles. The zero-order valence-corrected chi connectivity index (χ0v) is 11.3. The molecular formula is C16H17FN2O. The van der Waals surface area contributed by atoms with Crippen LogP contribution in [0.3, 0.4) is 0 Å². The van der Waals surface area contributed by atoms with Crippen LogP contribution in [0.15, 0.2) is 30.3 Å². The summed E-state index contributed by atoms with van der Waals surface area (Å²) in [4.78, 5) is 13.8. The Bertz CT molecular complexity index is 526. The van der Waals surface area contributed by atoms with E-state index in [9.17, 15) is 9.18 Å². The Kier molecular flexibility index (Phi) is 4.89. The molecule has 0 radical (unpaired) electrons.